The van der Waals surface area contributed by atoms with E-state index in [1.807, 2.05) is 31.2 Å². The van der Waals surface area contributed by atoms with Gasteiger partial charge in [-0.25, -0.2) is 0 Å². The monoisotopic (exact) mass is 465 g/mol. The molecule has 5 rings (SSSR count). The summed E-state index contributed by atoms with van der Waals surface area (Å²) in [6, 6.07) is 13.3. The summed E-state index contributed by atoms with van der Waals surface area (Å²) in [7, 11) is 0. The lowest BCUT2D eigenvalue weighted by Crippen LogP contribution is -2.38. The van der Waals surface area contributed by atoms with Gasteiger partial charge in [0.1, 0.15) is 11.3 Å². The maximum atomic E-state index is 13.7. The quantitative estimate of drug-likeness (QED) is 0.451. The maximum absolute atomic E-state index is 13.7. The standard InChI is InChI=1S/C26H24ClNO5/c1-2-32-19-9-5-6-15(13-19)23-22(25(30)26(31)28(23)18-7-3-4-8-18)24(29)21-14-16-12-17(27)10-11-20(16)33-21/h5-6,9-14,18,23,30H,2-4,7-8H2,1H3. The smallest absolute Gasteiger partial charge is 0.290 e. The van der Waals surface area contributed by atoms with Gasteiger partial charge < -0.3 is 19.2 Å². The third kappa shape index (κ3) is 3.78. The lowest BCUT2D eigenvalue weighted by Gasteiger charge is -2.32. The normalized spacial score (nSPS) is 19.2. The summed E-state index contributed by atoms with van der Waals surface area (Å²) in [5, 5.41) is 12.1. The van der Waals surface area contributed by atoms with E-state index in [0.29, 0.717) is 33.9 Å². The second kappa shape index (κ2) is 8.60. The maximum Gasteiger partial charge on any atom is 0.290 e. The molecule has 2 aliphatic rings. The van der Waals surface area contributed by atoms with Crippen LogP contribution in [0.4, 0.5) is 0 Å². The highest BCUT2D eigenvalue weighted by molar-refractivity contribution is 6.31. The van der Waals surface area contributed by atoms with Crippen LogP contribution in [-0.4, -0.2) is 34.3 Å². The summed E-state index contributed by atoms with van der Waals surface area (Å²) < 4.78 is 11.4. The fourth-order valence-electron chi connectivity index (χ4n) is 4.94. The molecular formula is C26H24ClNO5. The zero-order chi connectivity index (χ0) is 23.1. The minimum atomic E-state index is -0.717. The summed E-state index contributed by atoms with van der Waals surface area (Å²) in [6.07, 6.45) is 3.69. The molecule has 1 saturated carbocycles. The Morgan fingerprint density at radius 3 is 2.73 bits per heavy atom. The van der Waals surface area contributed by atoms with E-state index in [1.165, 1.54) is 0 Å². The highest BCUT2D eigenvalue weighted by Gasteiger charge is 2.47. The number of amides is 1. The van der Waals surface area contributed by atoms with E-state index < -0.39 is 23.5 Å². The zero-order valence-electron chi connectivity index (χ0n) is 18.2. The molecule has 0 saturated heterocycles. The third-order valence-corrected chi connectivity index (χ3v) is 6.63. The number of halogens is 1. The third-order valence-electron chi connectivity index (χ3n) is 6.39. The molecule has 0 spiro atoms. The first-order chi connectivity index (χ1) is 16.0. The Balaban J connectivity index is 1.61. The largest absolute Gasteiger partial charge is 0.503 e. The zero-order valence-corrected chi connectivity index (χ0v) is 19.0. The number of Topliss-reactive ketones (excluding diaryl/α,β-unsaturated/α-hetero) is 1. The second-order valence-corrected chi connectivity index (χ2v) is 8.88. The van der Waals surface area contributed by atoms with E-state index in [2.05, 4.69) is 0 Å². The molecule has 3 aromatic rings. The molecule has 6 nitrogen and oxygen atoms in total. The number of benzene rings is 2. The van der Waals surface area contributed by atoms with Crippen LogP contribution in [0.25, 0.3) is 11.0 Å². The number of carbonyl (C=O) groups is 2. The van der Waals surface area contributed by atoms with Gasteiger partial charge in [0.05, 0.1) is 18.2 Å². The van der Waals surface area contributed by atoms with Gasteiger partial charge in [-0.05, 0) is 61.7 Å². The molecule has 0 radical (unpaired) electrons. The van der Waals surface area contributed by atoms with Crippen LogP contribution in [0.3, 0.4) is 0 Å². The molecule has 2 aromatic carbocycles. The average Bonchev–Trinajstić information content (AvgIpc) is 3.52. The van der Waals surface area contributed by atoms with Crippen LogP contribution in [0.2, 0.25) is 5.02 Å². The predicted molar refractivity (Wildman–Crippen MR) is 125 cm³/mol. The van der Waals surface area contributed by atoms with Crippen molar-refractivity contribution in [3.63, 3.8) is 0 Å². The van der Waals surface area contributed by atoms with E-state index >= 15 is 0 Å². The van der Waals surface area contributed by atoms with Gasteiger partial charge in [-0.15, -0.1) is 0 Å². The Kier molecular flexibility index (Phi) is 5.62. The van der Waals surface area contributed by atoms with Crippen molar-refractivity contribution in [2.75, 3.05) is 6.61 Å². The first kappa shape index (κ1) is 21.6. The number of hydrogen-bond acceptors (Lipinski definition) is 5. The number of ketones is 1. The molecule has 1 N–H and O–H groups in total. The van der Waals surface area contributed by atoms with Crippen LogP contribution in [-0.2, 0) is 4.79 Å². The van der Waals surface area contributed by atoms with Crippen molar-refractivity contribution in [3.05, 3.63) is 76.2 Å². The molecule has 1 aliphatic heterocycles. The highest BCUT2D eigenvalue weighted by Crippen LogP contribution is 2.44. The van der Waals surface area contributed by atoms with Gasteiger partial charge in [-0.3, -0.25) is 9.59 Å². The predicted octanol–water partition coefficient (Wildman–Crippen LogP) is 6.01. The van der Waals surface area contributed by atoms with Crippen molar-refractivity contribution in [2.24, 2.45) is 0 Å². The Hall–Kier alpha value is -3.25. The van der Waals surface area contributed by atoms with Crippen molar-refractivity contribution >= 4 is 34.3 Å². The van der Waals surface area contributed by atoms with Gasteiger partial charge in [0.25, 0.3) is 5.91 Å². The molecule has 1 fully saturated rings. The Labute approximate surface area is 196 Å². The molecule has 1 amide bonds. The van der Waals surface area contributed by atoms with Crippen molar-refractivity contribution in [3.8, 4) is 5.75 Å². The summed E-state index contributed by atoms with van der Waals surface area (Å²) in [6.45, 7) is 2.39. The SMILES string of the molecule is CCOc1cccc(C2C(C(=O)c3cc4cc(Cl)ccc4o3)=C(O)C(=O)N2C2CCCC2)c1. The Bertz CT molecular complexity index is 1270. The van der Waals surface area contributed by atoms with Crippen molar-refractivity contribution < 1.29 is 23.8 Å². The number of nitrogens with zero attached hydrogens (tertiary/aromatic N) is 1. The van der Waals surface area contributed by atoms with Crippen LogP contribution in [0.5, 0.6) is 5.75 Å². The molecule has 1 aliphatic carbocycles. The number of hydrogen-bond donors (Lipinski definition) is 1. The first-order valence-electron chi connectivity index (χ1n) is 11.2. The van der Waals surface area contributed by atoms with E-state index in [0.717, 1.165) is 25.7 Å². The van der Waals surface area contributed by atoms with Crippen molar-refractivity contribution in [1.82, 2.24) is 4.90 Å². The number of aliphatic hydroxyl groups excluding tert-OH is 1. The minimum absolute atomic E-state index is 0.0331. The van der Waals surface area contributed by atoms with Crippen LogP contribution in [0.15, 0.2) is 64.3 Å². The summed E-state index contributed by atoms with van der Waals surface area (Å²) >= 11 is 6.07. The summed E-state index contributed by atoms with van der Waals surface area (Å²) in [4.78, 5) is 28.6. The number of rotatable bonds is 6. The van der Waals surface area contributed by atoms with E-state index in [1.54, 1.807) is 29.2 Å². The first-order valence-corrected chi connectivity index (χ1v) is 11.6. The van der Waals surface area contributed by atoms with E-state index in [4.69, 9.17) is 20.8 Å². The van der Waals surface area contributed by atoms with Crippen molar-refractivity contribution in [1.29, 1.82) is 0 Å². The van der Waals surface area contributed by atoms with E-state index in [-0.39, 0.29) is 17.4 Å². The highest BCUT2D eigenvalue weighted by atomic mass is 35.5. The second-order valence-electron chi connectivity index (χ2n) is 8.44. The number of aliphatic hydroxyl groups is 1. The molecule has 1 atom stereocenters. The fraction of sp³-hybridized carbons (Fsp3) is 0.308. The summed E-state index contributed by atoms with van der Waals surface area (Å²) in [5.74, 6) is -0.847. The lowest BCUT2D eigenvalue weighted by atomic mass is 9.94. The molecule has 7 heteroatoms. The van der Waals surface area contributed by atoms with Crippen LogP contribution in [0, 0.1) is 0 Å². The Morgan fingerprint density at radius 1 is 1.18 bits per heavy atom. The Morgan fingerprint density at radius 2 is 1.97 bits per heavy atom. The molecule has 33 heavy (non-hydrogen) atoms. The number of ether oxygens (including phenoxy) is 1. The van der Waals surface area contributed by atoms with E-state index in [9.17, 15) is 14.7 Å². The average molecular weight is 466 g/mol. The molecule has 2 heterocycles. The van der Waals surface area contributed by atoms with Gasteiger partial charge in [0, 0.05) is 16.5 Å². The fourth-order valence-corrected chi connectivity index (χ4v) is 5.12. The van der Waals surface area contributed by atoms with Gasteiger partial charge in [0.15, 0.2) is 11.5 Å². The van der Waals surface area contributed by atoms with Crippen LogP contribution < -0.4 is 4.74 Å². The molecule has 170 valence electrons. The minimum Gasteiger partial charge on any atom is -0.503 e. The van der Waals surface area contributed by atoms with Crippen LogP contribution in [0.1, 0.15) is 54.8 Å². The number of fused-ring (bicyclic) bond motifs is 1. The van der Waals surface area contributed by atoms with Crippen molar-refractivity contribution in [2.45, 2.75) is 44.7 Å². The van der Waals surface area contributed by atoms with Gasteiger partial charge in [0.2, 0.25) is 5.78 Å². The molecule has 0 bridgehead atoms. The molecule has 1 unspecified atom stereocenters. The number of furan rings is 1. The summed E-state index contributed by atoms with van der Waals surface area (Å²) in [5.41, 5.74) is 1.26. The van der Waals surface area contributed by atoms with Crippen LogP contribution >= 0.6 is 11.6 Å². The van der Waals surface area contributed by atoms with Gasteiger partial charge in [-0.2, -0.15) is 0 Å². The molecule has 1 aromatic heterocycles. The van der Waals surface area contributed by atoms with Gasteiger partial charge in [-0.1, -0.05) is 36.6 Å². The molecular weight excluding hydrogens is 442 g/mol. The topological polar surface area (TPSA) is 80.0 Å². The van der Waals surface area contributed by atoms with Gasteiger partial charge >= 0.3 is 0 Å². The number of carbonyl (C=O) groups excluding carboxylic acids is 2. The lowest BCUT2D eigenvalue weighted by molar-refractivity contribution is -0.131.